The summed E-state index contributed by atoms with van der Waals surface area (Å²) in [6.07, 6.45) is 3.83. The third kappa shape index (κ3) is 5.91. The summed E-state index contributed by atoms with van der Waals surface area (Å²) in [6, 6.07) is 9.15. The normalized spacial score (nSPS) is 12.7. The summed E-state index contributed by atoms with van der Waals surface area (Å²) in [5.74, 6) is 0.898. The number of nitrogens with one attached hydrogen (secondary N) is 2. The van der Waals surface area contributed by atoms with Crippen LogP contribution in [-0.4, -0.2) is 32.4 Å². The molecule has 0 bridgehead atoms. The molecule has 0 radical (unpaired) electrons. The van der Waals surface area contributed by atoms with Crippen LogP contribution in [0.25, 0.3) is 0 Å². The molecule has 2 N–H and O–H groups in total. The zero-order valence-electron chi connectivity index (χ0n) is 14.2. The fraction of sp³-hybridized carbons (Fsp3) is 0.353. The van der Waals surface area contributed by atoms with Crippen molar-refractivity contribution in [2.75, 3.05) is 12.0 Å². The van der Waals surface area contributed by atoms with E-state index in [1.165, 1.54) is 18.4 Å². The Labute approximate surface area is 152 Å². The molecule has 25 heavy (non-hydrogen) atoms. The molecule has 0 spiro atoms. The average Bonchev–Trinajstić information content (AvgIpc) is 3.10. The number of benzene rings is 1. The van der Waals surface area contributed by atoms with Crippen LogP contribution in [0, 0.1) is 6.92 Å². The number of carbonyl (C=O) groups excluding carboxylic acids is 1. The Kier molecular flexibility index (Phi) is 7.10. The van der Waals surface area contributed by atoms with Gasteiger partial charge in [-0.2, -0.15) is 16.5 Å². The van der Waals surface area contributed by atoms with Gasteiger partial charge in [0.25, 0.3) is 0 Å². The maximum absolute atomic E-state index is 12.5. The summed E-state index contributed by atoms with van der Waals surface area (Å²) in [7, 11) is -3.77. The van der Waals surface area contributed by atoms with Crippen LogP contribution in [0.1, 0.15) is 17.7 Å². The highest BCUT2D eigenvalue weighted by Gasteiger charge is 2.25. The van der Waals surface area contributed by atoms with Crippen molar-refractivity contribution in [3.05, 3.63) is 54.0 Å². The van der Waals surface area contributed by atoms with E-state index < -0.39 is 16.1 Å². The quantitative estimate of drug-likeness (QED) is 0.695. The topological polar surface area (TPSA) is 88.4 Å². The van der Waals surface area contributed by atoms with Crippen LogP contribution in [0.4, 0.5) is 0 Å². The summed E-state index contributed by atoms with van der Waals surface area (Å²) < 4.78 is 32.8. The van der Waals surface area contributed by atoms with Gasteiger partial charge >= 0.3 is 0 Å². The number of furan rings is 1. The van der Waals surface area contributed by atoms with Crippen LogP contribution in [0.15, 0.2) is 52.0 Å². The monoisotopic (exact) mass is 382 g/mol. The van der Waals surface area contributed by atoms with Crippen molar-refractivity contribution >= 4 is 27.7 Å². The van der Waals surface area contributed by atoms with Crippen molar-refractivity contribution in [2.24, 2.45) is 0 Å². The molecule has 0 fully saturated rings. The summed E-state index contributed by atoms with van der Waals surface area (Å²) in [4.78, 5) is 12.6. The average molecular weight is 383 g/mol. The predicted molar refractivity (Wildman–Crippen MR) is 98.8 cm³/mol. The minimum absolute atomic E-state index is 0.145. The molecular weight excluding hydrogens is 360 g/mol. The van der Waals surface area contributed by atoms with Gasteiger partial charge in [-0.3, -0.25) is 4.79 Å². The summed E-state index contributed by atoms with van der Waals surface area (Å²) >= 11 is 1.55. The van der Waals surface area contributed by atoms with Gasteiger partial charge in [-0.25, -0.2) is 8.42 Å². The van der Waals surface area contributed by atoms with Crippen molar-refractivity contribution in [3.63, 3.8) is 0 Å². The van der Waals surface area contributed by atoms with Gasteiger partial charge in [0, 0.05) is 0 Å². The molecule has 0 aliphatic rings. The molecule has 1 aromatic heterocycles. The van der Waals surface area contributed by atoms with E-state index >= 15 is 0 Å². The number of hydrogen-bond donors (Lipinski definition) is 2. The Morgan fingerprint density at radius 3 is 2.56 bits per heavy atom. The van der Waals surface area contributed by atoms with E-state index in [0.29, 0.717) is 17.9 Å². The van der Waals surface area contributed by atoms with Crippen molar-refractivity contribution < 1.29 is 17.6 Å². The Morgan fingerprint density at radius 1 is 1.24 bits per heavy atom. The lowest BCUT2D eigenvalue weighted by Gasteiger charge is -2.18. The van der Waals surface area contributed by atoms with E-state index in [2.05, 4.69) is 10.0 Å². The first-order valence-electron chi connectivity index (χ1n) is 7.80. The lowest BCUT2D eigenvalue weighted by molar-refractivity contribution is -0.123. The number of hydrogen-bond acceptors (Lipinski definition) is 5. The van der Waals surface area contributed by atoms with Gasteiger partial charge in [-0.05, 0) is 49.6 Å². The molecule has 6 nitrogen and oxygen atoms in total. The molecular formula is C17H22N2O4S2. The molecule has 1 aromatic carbocycles. The highest BCUT2D eigenvalue weighted by molar-refractivity contribution is 7.98. The van der Waals surface area contributed by atoms with Gasteiger partial charge in [0.05, 0.1) is 17.7 Å². The maximum atomic E-state index is 12.5. The fourth-order valence-corrected chi connectivity index (χ4v) is 3.86. The molecule has 2 aromatic rings. The zero-order valence-corrected chi connectivity index (χ0v) is 15.8. The van der Waals surface area contributed by atoms with Crippen molar-refractivity contribution in [3.8, 4) is 0 Å². The molecule has 0 saturated carbocycles. The molecule has 1 atom stereocenters. The van der Waals surface area contributed by atoms with Crippen LogP contribution >= 0.6 is 11.8 Å². The molecule has 2 rings (SSSR count). The summed E-state index contributed by atoms with van der Waals surface area (Å²) in [5.41, 5.74) is 0.967. The Hall–Kier alpha value is -1.77. The standard InChI is InChI=1S/C17H22N2O4S2/c1-13-5-7-15(8-6-13)25(21,22)19-16(9-11-24-2)17(20)18-12-14-4-3-10-23-14/h3-8,10,16,19H,9,11-12H2,1-2H3,(H,18,20). The number of carbonyl (C=O) groups is 1. The zero-order chi connectivity index (χ0) is 18.3. The van der Waals surface area contributed by atoms with Gasteiger partial charge in [-0.15, -0.1) is 0 Å². The van der Waals surface area contributed by atoms with E-state index in [0.717, 1.165) is 5.56 Å². The van der Waals surface area contributed by atoms with Crippen molar-refractivity contribution in [2.45, 2.75) is 30.8 Å². The van der Waals surface area contributed by atoms with E-state index in [9.17, 15) is 13.2 Å². The van der Waals surface area contributed by atoms with Gasteiger partial charge in [-0.1, -0.05) is 17.7 Å². The van der Waals surface area contributed by atoms with Crippen LogP contribution in [0.2, 0.25) is 0 Å². The van der Waals surface area contributed by atoms with Gasteiger partial charge < -0.3 is 9.73 Å². The molecule has 0 saturated heterocycles. The van der Waals surface area contributed by atoms with Crippen LogP contribution < -0.4 is 10.0 Å². The number of thioether (sulfide) groups is 1. The molecule has 8 heteroatoms. The minimum Gasteiger partial charge on any atom is -0.467 e. The van der Waals surface area contributed by atoms with Crippen molar-refractivity contribution in [1.29, 1.82) is 0 Å². The van der Waals surface area contributed by atoms with Gasteiger partial charge in [0.2, 0.25) is 15.9 Å². The maximum Gasteiger partial charge on any atom is 0.241 e. The largest absolute Gasteiger partial charge is 0.467 e. The van der Waals surface area contributed by atoms with Crippen LogP contribution in [-0.2, 0) is 21.4 Å². The number of sulfonamides is 1. The van der Waals surface area contributed by atoms with E-state index in [1.807, 2.05) is 13.2 Å². The first-order chi connectivity index (χ1) is 11.9. The SMILES string of the molecule is CSCCC(NS(=O)(=O)c1ccc(C)cc1)C(=O)NCc1ccco1. The lowest BCUT2D eigenvalue weighted by Crippen LogP contribution is -2.46. The second-order valence-corrected chi connectivity index (χ2v) is 8.27. The molecule has 1 amide bonds. The molecule has 1 heterocycles. The van der Waals surface area contributed by atoms with E-state index in [4.69, 9.17) is 4.42 Å². The highest BCUT2D eigenvalue weighted by atomic mass is 32.2. The molecule has 136 valence electrons. The Balaban J connectivity index is 2.07. The lowest BCUT2D eigenvalue weighted by atomic mass is 10.2. The first-order valence-corrected chi connectivity index (χ1v) is 10.7. The van der Waals surface area contributed by atoms with Crippen LogP contribution in [0.3, 0.4) is 0 Å². The second-order valence-electron chi connectivity index (χ2n) is 5.57. The third-order valence-corrected chi connectivity index (χ3v) is 5.70. The van der Waals surface area contributed by atoms with Gasteiger partial charge in [0.1, 0.15) is 11.8 Å². The van der Waals surface area contributed by atoms with Crippen LogP contribution in [0.5, 0.6) is 0 Å². The number of aryl methyl sites for hydroxylation is 1. The summed E-state index contributed by atoms with van der Waals surface area (Å²) in [6.45, 7) is 2.10. The first kappa shape index (κ1) is 19.6. The Morgan fingerprint density at radius 2 is 1.96 bits per heavy atom. The molecule has 0 aliphatic carbocycles. The highest BCUT2D eigenvalue weighted by Crippen LogP contribution is 2.12. The van der Waals surface area contributed by atoms with E-state index in [-0.39, 0.29) is 17.3 Å². The molecule has 0 aliphatic heterocycles. The third-order valence-electron chi connectivity index (χ3n) is 3.57. The predicted octanol–water partition coefficient (Wildman–Crippen LogP) is 2.30. The van der Waals surface area contributed by atoms with Crippen molar-refractivity contribution in [1.82, 2.24) is 10.0 Å². The van der Waals surface area contributed by atoms with E-state index in [1.54, 1.807) is 36.0 Å². The molecule has 1 unspecified atom stereocenters. The summed E-state index contributed by atoms with van der Waals surface area (Å²) in [5, 5.41) is 2.71. The Bertz CT molecular complexity index is 771. The number of rotatable bonds is 9. The number of amides is 1. The smallest absolute Gasteiger partial charge is 0.241 e. The second kappa shape index (κ2) is 9.07. The minimum atomic E-state index is -3.77. The van der Waals surface area contributed by atoms with Gasteiger partial charge in [0.15, 0.2) is 0 Å². The fourth-order valence-electron chi connectivity index (χ4n) is 2.16.